The van der Waals surface area contributed by atoms with Crippen molar-refractivity contribution in [1.29, 1.82) is 0 Å². The zero-order valence-electron chi connectivity index (χ0n) is 21.5. The third-order valence-corrected chi connectivity index (χ3v) is 5.45. The van der Waals surface area contributed by atoms with E-state index in [4.69, 9.17) is 4.74 Å². The first-order valence-corrected chi connectivity index (χ1v) is 11.7. The SMILES string of the molecule is CCOC(=O)[C@@H](NC(=O)N(C)NC(=O)[C@@H]1CCCN1C(=O)[C@H](C)NC(=O)[C@H](C)NC(C)=O)C(C)C. The molecule has 1 heterocycles. The van der Waals surface area contributed by atoms with Crippen molar-refractivity contribution < 1.29 is 33.5 Å². The number of carbonyl (C=O) groups is 6. The minimum absolute atomic E-state index is 0.168. The van der Waals surface area contributed by atoms with Gasteiger partial charge in [0.15, 0.2) is 0 Å². The van der Waals surface area contributed by atoms with Crippen LogP contribution < -0.4 is 21.4 Å². The van der Waals surface area contributed by atoms with Crippen molar-refractivity contribution in [3.63, 3.8) is 0 Å². The summed E-state index contributed by atoms with van der Waals surface area (Å²) >= 11 is 0. The molecule has 0 radical (unpaired) electrons. The first-order chi connectivity index (χ1) is 16.3. The summed E-state index contributed by atoms with van der Waals surface area (Å²) < 4.78 is 4.98. The van der Waals surface area contributed by atoms with Crippen LogP contribution in [0.3, 0.4) is 0 Å². The van der Waals surface area contributed by atoms with Crippen LogP contribution in [0.2, 0.25) is 0 Å². The van der Waals surface area contributed by atoms with Gasteiger partial charge >= 0.3 is 12.0 Å². The zero-order valence-corrected chi connectivity index (χ0v) is 21.5. The number of rotatable bonds is 9. The fourth-order valence-electron chi connectivity index (χ4n) is 3.57. The number of hydrazine groups is 1. The largest absolute Gasteiger partial charge is 0.464 e. The lowest BCUT2D eigenvalue weighted by atomic mass is 10.1. The van der Waals surface area contributed by atoms with E-state index in [0.29, 0.717) is 19.4 Å². The first kappa shape index (κ1) is 29.7. The highest BCUT2D eigenvalue weighted by Gasteiger charge is 2.37. The van der Waals surface area contributed by atoms with Crippen LogP contribution >= 0.6 is 0 Å². The van der Waals surface area contributed by atoms with E-state index in [9.17, 15) is 28.8 Å². The van der Waals surface area contributed by atoms with Crippen LogP contribution in [0.1, 0.15) is 54.4 Å². The topological polar surface area (TPSA) is 166 Å². The molecule has 1 aliphatic rings. The van der Waals surface area contributed by atoms with Gasteiger partial charge in [-0.05, 0) is 39.5 Å². The number of nitrogens with one attached hydrogen (secondary N) is 4. The van der Waals surface area contributed by atoms with E-state index in [2.05, 4.69) is 21.4 Å². The maximum atomic E-state index is 12.9. The number of ether oxygens (including phenoxy) is 1. The number of carbonyl (C=O) groups excluding carboxylic acids is 6. The molecule has 0 aromatic heterocycles. The molecule has 13 heteroatoms. The molecule has 6 amide bonds. The average molecular weight is 499 g/mol. The molecule has 1 aliphatic heterocycles. The lowest BCUT2D eigenvalue weighted by molar-refractivity contribution is -0.146. The highest BCUT2D eigenvalue weighted by Crippen LogP contribution is 2.19. The Morgan fingerprint density at radius 2 is 1.63 bits per heavy atom. The molecule has 13 nitrogen and oxygen atoms in total. The van der Waals surface area contributed by atoms with Crippen LogP contribution in [0.4, 0.5) is 4.79 Å². The molecule has 0 spiro atoms. The predicted octanol–water partition coefficient (Wildman–Crippen LogP) is -0.733. The minimum Gasteiger partial charge on any atom is -0.464 e. The van der Waals surface area contributed by atoms with Crippen LogP contribution in [0.15, 0.2) is 0 Å². The number of esters is 1. The molecule has 0 aromatic carbocycles. The standard InChI is InChI=1S/C22H38N6O7/c1-8-35-21(33)17(12(2)3)25-22(34)27(7)26-19(31)16-10-9-11-28(16)20(32)14(5)24-18(30)13(4)23-15(6)29/h12-14,16-17H,8-11H2,1-7H3,(H,23,29)(H,24,30)(H,25,34)(H,26,31)/t13-,14-,16-,17-/m0/s1. The van der Waals surface area contributed by atoms with Crippen LogP contribution in [0.25, 0.3) is 0 Å². The van der Waals surface area contributed by atoms with Crippen LogP contribution in [0.5, 0.6) is 0 Å². The van der Waals surface area contributed by atoms with Crippen LogP contribution in [0, 0.1) is 5.92 Å². The van der Waals surface area contributed by atoms with Gasteiger partial charge in [-0.2, -0.15) is 0 Å². The van der Waals surface area contributed by atoms with E-state index in [0.717, 1.165) is 5.01 Å². The Bertz CT molecular complexity index is 818. The average Bonchev–Trinajstić information content (AvgIpc) is 3.25. The summed E-state index contributed by atoms with van der Waals surface area (Å²) in [5.74, 6) is -2.75. The summed E-state index contributed by atoms with van der Waals surface area (Å²) in [6.45, 7) is 9.91. The molecule has 0 bridgehead atoms. The van der Waals surface area contributed by atoms with Crippen LogP contribution in [-0.2, 0) is 28.7 Å². The summed E-state index contributed by atoms with van der Waals surface area (Å²) in [7, 11) is 1.32. The van der Waals surface area contributed by atoms with Gasteiger partial charge < -0.3 is 25.6 Å². The maximum absolute atomic E-state index is 12.9. The van der Waals surface area contributed by atoms with Crippen LogP contribution in [-0.4, -0.2) is 89.9 Å². The predicted molar refractivity (Wildman–Crippen MR) is 125 cm³/mol. The molecular weight excluding hydrogens is 460 g/mol. The first-order valence-electron chi connectivity index (χ1n) is 11.7. The number of likely N-dealkylation sites (tertiary alicyclic amines) is 1. The molecule has 0 aliphatic carbocycles. The summed E-state index contributed by atoms with van der Waals surface area (Å²) in [5, 5.41) is 8.42. The lowest BCUT2D eigenvalue weighted by Gasteiger charge is -2.30. The fraction of sp³-hybridized carbons (Fsp3) is 0.727. The lowest BCUT2D eigenvalue weighted by Crippen LogP contribution is -2.58. The zero-order chi connectivity index (χ0) is 26.9. The van der Waals surface area contributed by atoms with Gasteiger partial charge in [-0.3, -0.25) is 24.6 Å². The smallest absolute Gasteiger partial charge is 0.336 e. The Labute approximate surface area is 205 Å². The molecule has 35 heavy (non-hydrogen) atoms. The highest BCUT2D eigenvalue weighted by atomic mass is 16.5. The fourth-order valence-corrected chi connectivity index (χ4v) is 3.57. The molecule has 4 N–H and O–H groups in total. The third-order valence-electron chi connectivity index (χ3n) is 5.45. The Morgan fingerprint density at radius 1 is 1.00 bits per heavy atom. The van der Waals surface area contributed by atoms with E-state index in [1.165, 1.54) is 32.7 Å². The van der Waals surface area contributed by atoms with Gasteiger partial charge in [0.05, 0.1) is 6.61 Å². The third kappa shape index (κ3) is 8.72. The van der Waals surface area contributed by atoms with E-state index >= 15 is 0 Å². The number of hydrogen-bond acceptors (Lipinski definition) is 7. The van der Waals surface area contributed by atoms with Crippen molar-refractivity contribution in [2.75, 3.05) is 20.2 Å². The molecule has 1 saturated heterocycles. The molecule has 0 unspecified atom stereocenters. The van der Waals surface area contributed by atoms with Crippen molar-refractivity contribution in [2.24, 2.45) is 5.92 Å². The molecule has 1 rings (SSSR count). The highest BCUT2D eigenvalue weighted by molar-refractivity contribution is 5.94. The van der Waals surface area contributed by atoms with Gasteiger partial charge in [-0.25, -0.2) is 14.6 Å². The maximum Gasteiger partial charge on any atom is 0.336 e. The van der Waals surface area contributed by atoms with Crippen molar-refractivity contribution in [1.82, 2.24) is 31.3 Å². The second-order valence-electron chi connectivity index (χ2n) is 8.80. The molecule has 1 fully saturated rings. The summed E-state index contributed by atoms with van der Waals surface area (Å²) in [5.41, 5.74) is 2.44. The Morgan fingerprint density at radius 3 is 2.17 bits per heavy atom. The molecule has 0 aromatic rings. The van der Waals surface area contributed by atoms with Gasteiger partial charge in [0.2, 0.25) is 17.7 Å². The second-order valence-corrected chi connectivity index (χ2v) is 8.80. The quantitative estimate of drug-likeness (QED) is 0.240. The molecule has 4 atom stereocenters. The number of amides is 6. The van der Waals surface area contributed by atoms with Gasteiger partial charge in [-0.1, -0.05) is 13.8 Å². The van der Waals surface area contributed by atoms with Gasteiger partial charge in [0.25, 0.3) is 5.91 Å². The van der Waals surface area contributed by atoms with Crippen molar-refractivity contribution in [3.05, 3.63) is 0 Å². The van der Waals surface area contributed by atoms with E-state index in [-0.39, 0.29) is 18.4 Å². The molecule has 0 saturated carbocycles. The van der Waals surface area contributed by atoms with Crippen molar-refractivity contribution in [2.45, 2.75) is 78.6 Å². The van der Waals surface area contributed by atoms with Gasteiger partial charge in [-0.15, -0.1) is 0 Å². The summed E-state index contributed by atoms with van der Waals surface area (Å²) in [6, 6.07) is -4.19. The van der Waals surface area contributed by atoms with E-state index in [1.54, 1.807) is 20.8 Å². The van der Waals surface area contributed by atoms with Crippen molar-refractivity contribution >= 4 is 35.6 Å². The number of urea groups is 1. The molecular formula is C22H38N6O7. The summed E-state index contributed by atoms with van der Waals surface area (Å²) in [4.78, 5) is 75.1. The van der Waals surface area contributed by atoms with E-state index in [1.807, 2.05) is 0 Å². The second kappa shape index (κ2) is 13.5. The van der Waals surface area contributed by atoms with Gasteiger partial charge in [0, 0.05) is 20.5 Å². The Kier molecular flexibility index (Phi) is 11.4. The van der Waals surface area contributed by atoms with Gasteiger partial charge in [0.1, 0.15) is 24.2 Å². The number of nitrogens with zero attached hydrogens (tertiary/aromatic N) is 2. The van der Waals surface area contributed by atoms with Crippen molar-refractivity contribution in [3.8, 4) is 0 Å². The Balaban J connectivity index is 2.74. The Hall–Kier alpha value is -3.38. The van der Waals surface area contributed by atoms with E-state index < -0.39 is 53.9 Å². The monoisotopic (exact) mass is 498 g/mol. The normalized spacial score (nSPS) is 17.6. The summed E-state index contributed by atoms with van der Waals surface area (Å²) in [6.07, 6.45) is 0.953. The minimum atomic E-state index is -0.926. The molecule has 198 valence electrons. The number of hydrogen-bond donors (Lipinski definition) is 4.